The number of rotatable bonds is 5. The molecule has 2 N–H and O–H groups in total. The highest BCUT2D eigenvalue weighted by molar-refractivity contribution is 6.03. The Bertz CT molecular complexity index is 965. The topological polar surface area (TPSA) is 79.4 Å². The van der Waals surface area contributed by atoms with E-state index in [2.05, 4.69) is 25.3 Å². The van der Waals surface area contributed by atoms with Crippen LogP contribution in [0.15, 0.2) is 18.2 Å². The fourth-order valence-corrected chi connectivity index (χ4v) is 3.34. The summed E-state index contributed by atoms with van der Waals surface area (Å²) in [4.78, 5) is 22.9. The van der Waals surface area contributed by atoms with Crippen molar-refractivity contribution >= 4 is 23.4 Å². The molecule has 1 amide bonds. The predicted octanol–water partition coefficient (Wildman–Crippen LogP) is 3.85. The van der Waals surface area contributed by atoms with E-state index in [0.717, 1.165) is 12.1 Å². The van der Waals surface area contributed by atoms with E-state index < -0.39 is 24.0 Å². The molecule has 1 aliphatic rings. The normalized spacial score (nSPS) is 16.4. The third-order valence-corrected chi connectivity index (χ3v) is 4.64. The second kappa shape index (κ2) is 7.96. The fourth-order valence-electron chi connectivity index (χ4n) is 3.34. The molecule has 1 aromatic heterocycles. The summed E-state index contributed by atoms with van der Waals surface area (Å²) in [5.41, 5.74) is 1.44. The van der Waals surface area contributed by atoms with E-state index in [1.807, 2.05) is 13.8 Å². The Kier molecular flexibility index (Phi) is 5.73. The zero-order valence-electron chi connectivity index (χ0n) is 16.8. The second-order valence-corrected chi connectivity index (χ2v) is 7.29. The number of hydrogen-bond acceptors (Lipinski definition) is 6. The second-order valence-electron chi connectivity index (χ2n) is 7.29. The first-order valence-electron chi connectivity index (χ1n) is 9.16. The number of carbonyl (C=O) groups excluding carboxylic acids is 1. The van der Waals surface area contributed by atoms with Gasteiger partial charge in [-0.3, -0.25) is 4.79 Å². The Morgan fingerprint density at radius 2 is 2.00 bits per heavy atom. The number of nitrogens with one attached hydrogen (secondary N) is 2. The largest absolute Gasteiger partial charge is 0.573 e. The number of benzene rings is 1. The molecule has 0 spiro atoms. The molecule has 1 aromatic carbocycles. The summed E-state index contributed by atoms with van der Waals surface area (Å²) in [5, 5.41) is 5.77. The van der Waals surface area contributed by atoms with Crippen LogP contribution in [0.2, 0.25) is 0 Å². The summed E-state index contributed by atoms with van der Waals surface area (Å²) in [6, 6.07) is 2.77. The van der Waals surface area contributed by atoms with Crippen molar-refractivity contribution < 1.29 is 27.1 Å². The van der Waals surface area contributed by atoms with E-state index in [4.69, 9.17) is 0 Å². The molecule has 0 radical (unpaired) electrons. The number of ether oxygens (including phenoxy) is 1. The number of hydrogen-bond donors (Lipinski definition) is 2. The highest BCUT2D eigenvalue weighted by Gasteiger charge is 2.35. The lowest BCUT2D eigenvalue weighted by Gasteiger charge is -2.36. The van der Waals surface area contributed by atoms with Gasteiger partial charge in [0, 0.05) is 13.6 Å². The molecular formula is C19H21F4N5O2. The monoisotopic (exact) mass is 427 g/mol. The van der Waals surface area contributed by atoms with E-state index in [0.29, 0.717) is 22.8 Å². The van der Waals surface area contributed by atoms with Crippen molar-refractivity contribution in [2.75, 3.05) is 22.6 Å². The van der Waals surface area contributed by atoms with E-state index in [1.54, 1.807) is 18.9 Å². The summed E-state index contributed by atoms with van der Waals surface area (Å²) in [7, 11) is 1.77. The third-order valence-electron chi connectivity index (χ3n) is 4.64. The summed E-state index contributed by atoms with van der Waals surface area (Å²) < 4.78 is 54.2. The van der Waals surface area contributed by atoms with Gasteiger partial charge in [-0.25, -0.2) is 9.37 Å². The van der Waals surface area contributed by atoms with Crippen molar-refractivity contribution in [3.05, 3.63) is 35.3 Å². The van der Waals surface area contributed by atoms with E-state index in [9.17, 15) is 22.4 Å². The van der Waals surface area contributed by atoms with Crippen LogP contribution in [-0.4, -0.2) is 35.3 Å². The molecule has 0 unspecified atom stereocenters. The van der Waals surface area contributed by atoms with Crippen molar-refractivity contribution in [1.82, 2.24) is 9.97 Å². The summed E-state index contributed by atoms with van der Waals surface area (Å²) in [5.74, 6) is -1.32. The van der Waals surface area contributed by atoms with Crippen molar-refractivity contribution in [1.29, 1.82) is 0 Å². The van der Waals surface area contributed by atoms with Crippen LogP contribution in [0.4, 0.5) is 35.0 Å². The number of aryl methyl sites for hydroxylation is 1. The van der Waals surface area contributed by atoms with Gasteiger partial charge in [0.2, 0.25) is 11.9 Å². The Morgan fingerprint density at radius 1 is 1.30 bits per heavy atom. The van der Waals surface area contributed by atoms with Gasteiger partial charge in [-0.05, 0) is 30.5 Å². The maximum atomic E-state index is 13.9. The molecule has 0 saturated heterocycles. The average Bonchev–Trinajstić information content (AvgIpc) is 2.62. The van der Waals surface area contributed by atoms with Gasteiger partial charge in [-0.2, -0.15) is 4.98 Å². The average molecular weight is 427 g/mol. The third kappa shape index (κ3) is 4.55. The molecule has 2 aromatic rings. The highest BCUT2D eigenvalue weighted by Crippen LogP contribution is 2.34. The van der Waals surface area contributed by atoms with Crippen LogP contribution in [-0.2, 0) is 11.3 Å². The molecule has 1 aliphatic heterocycles. The number of anilines is 3. The molecule has 0 aliphatic carbocycles. The highest BCUT2D eigenvalue weighted by atomic mass is 19.4. The lowest BCUT2D eigenvalue weighted by atomic mass is 9.99. The molecule has 7 nitrogen and oxygen atoms in total. The van der Waals surface area contributed by atoms with Gasteiger partial charge >= 0.3 is 6.36 Å². The molecule has 0 fully saturated rings. The Hall–Kier alpha value is -3.11. The Morgan fingerprint density at radius 3 is 2.60 bits per heavy atom. The zero-order valence-corrected chi connectivity index (χ0v) is 16.8. The molecule has 0 bridgehead atoms. The summed E-state index contributed by atoms with van der Waals surface area (Å²) in [6.45, 7) is 5.66. The first-order valence-corrected chi connectivity index (χ1v) is 9.16. The quantitative estimate of drug-likeness (QED) is 0.706. The number of aromatic nitrogens is 2. The number of amides is 1. The first kappa shape index (κ1) is 21.6. The molecule has 11 heteroatoms. The maximum absolute atomic E-state index is 13.9. The minimum Gasteiger partial charge on any atom is -0.403 e. The smallest absolute Gasteiger partial charge is 0.403 e. The van der Waals surface area contributed by atoms with Gasteiger partial charge in [0.1, 0.15) is 11.7 Å². The Balaban J connectivity index is 1.78. The van der Waals surface area contributed by atoms with Crippen molar-refractivity contribution in [3.8, 4) is 5.75 Å². The molecule has 2 heterocycles. The summed E-state index contributed by atoms with van der Waals surface area (Å²) >= 11 is 0. The molecular weight excluding hydrogens is 406 g/mol. The number of likely N-dealkylation sites (N-methyl/N-ethyl adjacent to an activating group) is 1. The van der Waals surface area contributed by atoms with Crippen LogP contribution >= 0.6 is 0 Å². The van der Waals surface area contributed by atoms with Crippen LogP contribution in [0.25, 0.3) is 0 Å². The van der Waals surface area contributed by atoms with Crippen LogP contribution < -0.4 is 20.3 Å². The fraction of sp³-hybridized carbons (Fsp3) is 0.421. The molecule has 0 saturated carbocycles. The number of halogens is 4. The molecule has 30 heavy (non-hydrogen) atoms. The standard InChI is InChI=1S/C19H21F4N5O2/c1-9(2)15-17(29)26-14-10(3)25-18(27-16(14)28(15)4)24-8-11-5-6-13(12(20)7-11)30-19(21,22)23/h5-7,9,15H,8H2,1-4H3,(H,26,29)(H,24,25,27)/t15-/m0/s1. The van der Waals surface area contributed by atoms with Crippen molar-refractivity contribution in [3.63, 3.8) is 0 Å². The SMILES string of the molecule is Cc1nc(NCc2ccc(OC(F)(F)F)c(F)c2)nc2c1NC(=O)[C@H](C(C)C)N2C. The molecule has 3 rings (SSSR count). The number of carbonyl (C=O) groups is 1. The lowest BCUT2D eigenvalue weighted by molar-refractivity contribution is -0.275. The van der Waals surface area contributed by atoms with Gasteiger partial charge < -0.3 is 20.3 Å². The maximum Gasteiger partial charge on any atom is 0.573 e. The van der Waals surface area contributed by atoms with Crippen LogP contribution in [0, 0.1) is 18.7 Å². The number of nitrogens with zero attached hydrogens (tertiary/aromatic N) is 3. The van der Waals surface area contributed by atoms with Gasteiger partial charge in [-0.1, -0.05) is 19.9 Å². The minimum absolute atomic E-state index is 0.0511. The summed E-state index contributed by atoms with van der Waals surface area (Å²) in [6.07, 6.45) is -4.97. The van der Waals surface area contributed by atoms with Crippen LogP contribution in [0.5, 0.6) is 5.75 Å². The van der Waals surface area contributed by atoms with Gasteiger partial charge in [0.15, 0.2) is 17.4 Å². The van der Waals surface area contributed by atoms with E-state index in [-0.39, 0.29) is 24.3 Å². The van der Waals surface area contributed by atoms with Gasteiger partial charge in [-0.15, -0.1) is 13.2 Å². The molecule has 162 valence electrons. The predicted molar refractivity (Wildman–Crippen MR) is 103 cm³/mol. The zero-order chi connectivity index (χ0) is 22.2. The van der Waals surface area contributed by atoms with Gasteiger partial charge in [0.25, 0.3) is 0 Å². The van der Waals surface area contributed by atoms with Crippen LogP contribution in [0.1, 0.15) is 25.1 Å². The van der Waals surface area contributed by atoms with E-state index in [1.165, 1.54) is 6.07 Å². The van der Waals surface area contributed by atoms with Gasteiger partial charge in [0.05, 0.1) is 5.69 Å². The number of fused-ring (bicyclic) bond motifs is 1. The van der Waals surface area contributed by atoms with E-state index >= 15 is 0 Å². The minimum atomic E-state index is -4.97. The van der Waals surface area contributed by atoms with Crippen molar-refractivity contribution in [2.45, 2.75) is 39.7 Å². The Labute approximate surface area is 170 Å². The molecule has 1 atom stereocenters. The van der Waals surface area contributed by atoms with Crippen LogP contribution in [0.3, 0.4) is 0 Å². The number of alkyl halides is 3. The van der Waals surface area contributed by atoms with Crippen molar-refractivity contribution in [2.24, 2.45) is 5.92 Å². The lowest BCUT2D eigenvalue weighted by Crippen LogP contribution is -2.49. The first-order chi connectivity index (χ1) is 14.0.